The third-order valence-corrected chi connectivity index (χ3v) is 7.10. The number of thiophene rings is 1. The zero-order chi connectivity index (χ0) is 23.5. The Morgan fingerprint density at radius 1 is 1.12 bits per heavy atom. The van der Waals surface area contributed by atoms with Crippen LogP contribution in [0.5, 0.6) is 5.75 Å². The molecule has 2 aromatic heterocycles. The molecule has 0 radical (unpaired) electrons. The van der Waals surface area contributed by atoms with E-state index >= 15 is 0 Å². The molecule has 1 atom stereocenters. The molecule has 0 aliphatic carbocycles. The summed E-state index contributed by atoms with van der Waals surface area (Å²) >= 11 is 1.73. The number of phenolic OH excluding ortho intramolecular Hbond substituents is 1. The Balaban J connectivity index is 1.48. The fraction of sp³-hybridized carbons (Fsp3) is 0.308. The number of rotatable bonds is 8. The van der Waals surface area contributed by atoms with Gasteiger partial charge >= 0.3 is 0 Å². The number of aromatic hydroxyl groups is 1. The molecule has 0 saturated heterocycles. The van der Waals surface area contributed by atoms with Crippen molar-refractivity contribution in [1.29, 1.82) is 0 Å². The van der Waals surface area contributed by atoms with E-state index < -0.39 is 0 Å². The van der Waals surface area contributed by atoms with Crippen molar-refractivity contribution < 1.29 is 5.11 Å². The van der Waals surface area contributed by atoms with E-state index in [1.807, 2.05) is 40.1 Å². The van der Waals surface area contributed by atoms with Gasteiger partial charge in [0.15, 0.2) is 0 Å². The van der Waals surface area contributed by atoms with Crippen LogP contribution in [0, 0.1) is 13.8 Å². The molecule has 0 bridgehead atoms. The van der Waals surface area contributed by atoms with Crippen molar-refractivity contribution >= 4 is 27.4 Å². The lowest BCUT2D eigenvalue weighted by molar-refractivity contribution is 0.302. The molecule has 172 valence electrons. The number of likely N-dealkylation sites (N-methyl/N-ethyl adjacent to an activating group) is 1. The molecule has 0 saturated carbocycles. The molecular weight excluding hydrogens is 432 g/mol. The highest BCUT2D eigenvalue weighted by atomic mass is 32.1. The Labute approximate surface area is 197 Å². The number of H-pyrrole nitrogens is 1. The van der Waals surface area contributed by atoms with Gasteiger partial charge in [0, 0.05) is 34.7 Å². The van der Waals surface area contributed by atoms with Crippen molar-refractivity contribution in [3.8, 4) is 5.75 Å². The molecule has 4 rings (SSSR count). The summed E-state index contributed by atoms with van der Waals surface area (Å²) in [6, 6.07) is 15.8. The number of benzene rings is 2. The SMILES string of the molecule is Cc1cc(O)cc(C)c1CC(CNc1nc(Cc2cc3ccccc3s2)cc(=O)[nH]1)N(C)C. The lowest BCUT2D eigenvalue weighted by Gasteiger charge is -2.26. The van der Waals surface area contributed by atoms with Gasteiger partial charge in [-0.2, -0.15) is 0 Å². The molecule has 0 spiro atoms. The molecule has 7 heteroatoms. The quantitative estimate of drug-likeness (QED) is 0.360. The second-order valence-electron chi connectivity index (χ2n) is 8.77. The number of aromatic amines is 1. The maximum absolute atomic E-state index is 12.3. The molecule has 33 heavy (non-hydrogen) atoms. The van der Waals surface area contributed by atoms with E-state index in [9.17, 15) is 9.90 Å². The average molecular weight is 463 g/mol. The van der Waals surface area contributed by atoms with E-state index in [4.69, 9.17) is 0 Å². The van der Waals surface area contributed by atoms with Crippen molar-refractivity contribution in [1.82, 2.24) is 14.9 Å². The fourth-order valence-corrected chi connectivity index (χ4v) is 5.24. The first kappa shape index (κ1) is 23.0. The van der Waals surface area contributed by atoms with Gasteiger partial charge in [-0.25, -0.2) is 4.98 Å². The van der Waals surface area contributed by atoms with Gasteiger partial charge in [0.05, 0.1) is 5.69 Å². The first-order chi connectivity index (χ1) is 15.8. The van der Waals surface area contributed by atoms with Crippen molar-refractivity contribution in [2.45, 2.75) is 32.7 Å². The van der Waals surface area contributed by atoms with E-state index in [-0.39, 0.29) is 11.6 Å². The lowest BCUT2D eigenvalue weighted by atomic mass is 9.95. The van der Waals surface area contributed by atoms with Gasteiger partial charge < -0.3 is 15.3 Å². The van der Waals surface area contributed by atoms with Crippen LogP contribution < -0.4 is 10.9 Å². The van der Waals surface area contributed by atoms with Gasteiger partial charge in [-0.3, -0.25) is 9.78 Å². The first-order valence-electron chi connectivity index (χ1n) is 11.1. The summed E-state index contributed by atoms with van der Waals surface area (Å²) in [4.78, 5) is 23.1. The Morgan fingerprint density at radius 2 is 1.85 bits per heavy atom. The van der Waals surface area contributed by atoms with Crippen LogP contribution >= 0.6 is 11.3 Å². The molecule has 1 unspecified atom stereocenters. The van der Waals surface area contributed by atoms with Crippen LogP contribution in [0.2, 0.25) is 0 Å². The minimum atomic E-state index is -0.157. The summed E-state index contributed by atoms with van der Waals surface area (Å²) in [6.07, 6.45) is 1.45. The van der Waals surface area contributed by atoms with E-state index in [1.165, 1.54) is 20.5 Å². The van der Waals surface area contributed by atoms with Gasteiger partial charge in [-0.05, 0) is 80.7 Å². The second-order valence-corrected chi connectivity index (χ2v) is 9.94. The number of aromatic nitrogens is 2. The van der Waals surface area contributed by atoms with Crippen LogP contribution in [0.4, 0.5) is 5.95 Å². The van der Waals surface area contributed by atoms with Crippen molar-refractivity contribution in [3.05, 3.63) is 86.1 Å². The molecule has 2 heterocycles. The largest absolute Gasteiger partial charge is 0.508 e. The van der Waals surface area contributed by atoms with Crippen molar-refractivity contribution in [2.75, 3.05) is 26.0 Å². The summed E-state index contributed by atoms with van der Waals surface area (Å²) in [6.45, 7) is 4.68. The number of hydrogen-bond donors (Lipinski definition) is 3. The Bertz CT molecular complexity index is 1270. The minimum Gasteiger partial charge on any atom is -0.508 e. The third-order valence-electron chi connectivity index (χ3n) is 5.98. The summed E-state index contributed by atoms with van der Waals surface area (Å²) in [5.41, 5.74) is 3.98. The topological polar surface area (TPSA) is 81.2 Å². The zero-order valence-electron chi connectivity index (χ0n) is 19.5. The molecule has 6 nitrogen and oxygen atoms in total. The molecule has 3 N–H and O–H groups in total. The summed E-state index contributed by atoms with van der Waals surface area (Å²) < 4.78 is 1.24. The van der Waals surface area contributed by atoms with Gasteiger partial charge in [0.25, 0.3) is 5.56 Å². The van der Waals surface area contributed by atoms with Crippen LogP contribution in [0.1, 0.15) is 27.3 Å². The van der Waals surface area contributed by atoms with E-state index in [2.05, 4.69) is 38.4 Å². The number of hydrogen-bond acceptors (Lipinski definition) is 6. The maximum Gasteiger partial charge on any atom is 0.252 e. The van der Waals surface area contributed by atoms with Gasteiger partial charge in [-0.15, -0.1) is 11.3 Å². The number of aryl methyl sites for hydroxylation is 2. The highest BCUT2D eigenvalue weighted by Gasteiger charge is 2.16. The smallest absolute Gasteiger partial charge is 0.252 e. The number of nitrogens with one attached hydrogen (secondary N) is 2. The maximum atomic E-state index is 12.3. The minimum absolute atomic E-state index is 0.157. The average Bonchev–Trinajstić information content (AvgIpc) is 3.14. The van der Waals surface area contributed by atoms with Gasteiger partial charge in [0.2, 0.25) is 5.95 Å². The molecule has 0 fully saturated rings. The third kappa shape index (κ3) is 5.61. The van der Waals surface area contributed by atoms with E-state index in [0.717, 1.165) is 23.2 Å². The van der Waals surface area contributed by atoms with E-state index in [1.54, 1.807) is 29.5 Å². The van der Waals surface area contributed by atoms with E-state index in [0.29, 0.717) is 24.7 Å². The Morgan fingerprint density at radius 3 is 2.55 bits per heavy atom. The predicted octanol–water partition coefficient (Wildman–Crippen LogP) is 4.48. The van der Waals surface area contributed by atoms with Gasteiger partial charge in [0.1, 0.15) is 5.75 Å². The van der Waals surface area contributed by atoms with Crippen molar-refractivity contribution in [3.63, 3.8) is 0 Å². The van der Waals surface area contributed by atoms with Crippen LogP contribution in [-0.4, -0.2) is 46.7 Å². The van der Waals surface area contributed by atoms with Crippen LogP contribution in [0.3, 0.4) is 0 Å². The standard InChI is InChI=1S/C26H30N4O2S/c1-16-9-21(31)10-17(2)23(16)14-20(30(3)4)15-27-26-28-19(13-25(32)29-26)12-22-11-18-7-5-6-8-24(18)33-22/h5-11,13,20,31H,12,14-15H2,1-4H3,(H2,27,28,29,32). The van der Waals surface area contributed by atoms with Gasteiger partial charge in [-0.1, -0.05) is 18.2 Å². The number of nitrogens with zero attached hydrogens (tertiary/aromatic N) is 2. The number of phenols is 1. The normalized spacial score (nSPS) is 12.4. The monoisotopic (exact) mass is 462 g/mol. The molecular formula is C26H30N4O2S. The van der Waals surface area contributed by atoms with Crippen LogP contribution in [-0.2, 0) is 12.8 Å². The first-order valence-corrected chi connectivity index (χ1v) is 11.9. The summed E-state index contributed by atoms with van der Waals surface area (Å²) in [5, 5.41) is 14.4. The molecule has 0 aliphatic rings. The lowest BCUT2D eigenvalue weighted by Crippen LogP contribution is -2.37. The Kier molecular flexibility index (Phi) is 6.81. The summed E-state index contributed by atoms with van der Waals surface area (Å²) in [5.74, 6) is 0.787. The zero-order valence-corrected chi connectivity index (χ0v) is 20.3. The van der Waals surface area contributed by atoms with Crippen LogP contribution in [0.25, 0.3) is 10.1 Å². The second kappa shape index (κ2) is 9.77. The summed E-state index contributed by atoms with van der Waals surface area (Å²) in [7, 11) is 4.09. The predicted molar refractivity (Wildman–Crippen MR) is 137 cm³/mol. The van der Waals surface area contributed by atoms with Crippen LogP contribution in [0.15, 0.2) is 53.3 Å². The van der Waals surface area contributed by atoms with Crippen molar-refractivity contribution in [2.24, 2.45) is 0 Å². The molecule has 0 aliphatic heterocycles. The molecule has 2 aromatic carbocycles. The molecule has 0 amide bonds. The number of anilines is 1. The Hall–Kier alpha value is -3.16. The highest BCUT2D eigenvalue weighted by Crippen LogP contribution is 2.27. The number of fused-ring (bicyclic) bond motifs is 1. The molecule has 4 aromatic rings. The highest BCUT2D eigenvalue weighted by molar-refractivity contribution is 7.19. The fourth-order valence-electron chi connectivity index (χ4n) is 4.16.